The molecular weight excluding hydrogens is 282 g/mol. The first-order chi connectivity index (χ1) is 10.7. The average molecular weight is 299 g/mol. The van der Waals surface area contributed by atoms with Crippen molar-refractivity contribution in [2.24, 2.45) is 0 Å². The summed E-state index contributed by atoms with van der Waals surface area (Å²) in [5, 5.41) is 9.51. The number of ether oxygens (including phenoxy) is 1. The fourth-order valence-electron chi connectivity index (χ4n) is 2.76. The molecule has 1 amide bonds. The van der Waals surface area contributed by atoms with Gasteiger partial charge in [0.25, 0.3) is 11.5 Å². The number of hydrogen-bond donors (Lipinski definition) is 2. The number of fused-ring (bicyclic) bond motifs is 1. The topological polar surface area (TPSA) is 84.1 Å². The lowest BCUT2D eigenvalue weighted by molar-refractivity contribution is 0.0930. The highest BCUT2D eigenvalue weighted by Gasteiger charge is 2.23. The molecule has 6 nitrogen and oxygen atoms in total. The van der Waals surface area contributed by atoms with Gasteiger partial charge < -0.3 is 10.1 Å². The predicted octanol–water partition coefficient (Wildman–Crippen LogP) is 1.07. The van der Waals surface area contributed by atoms with Crippen molar-refractivity contribution < 1.29 is 9.53 Å². The number of para-hydroxylation sites is 1. The molecule has 0 spiro atoms. The van der Waals surface area contributed by atoms with E-state index in [4.69, 9.17) is 4.74 Å². The Morgan fingerprint density at radius 1 is 1.41 bits per heavy atom. The minimum absolute atomic E-state index is 0.00601. The van der Waals surface area contributed by atoms with Crippen LogP contribution in [0.5, 0.6) is 5.75 Å². The van der Waals surface area contributed by atoms with E-state index in [1.54, 1.807) is 31.4 Å². The van der Waals surface area contributed by atoms with Gasteiger partial charge in [0.05, 0.1) is 18.4 Å². The molecule has 1 aliphatic rings. The molecule has 0 saturated heterocycles. The zero-order valence-corrected chi connectivity index (χ0v) is 12.3. The van der Waals surface area contributed by atoms with E-state index in [0.29, 0.717) is 17.7 Å². The van der Waals surface area contributed by atoms with E-state index in [9.17, 15) is 9.59 Å². The molecular formula is C16H17N3O3. The standard InChI is InChI=1S/C16H17N3O3/c1-22-14-5-3-2-4-12(14)16(21)17-11-6-7-13-10(8-11)9-15(20)19-18-13/h2-5,9,11H,6-8H2,1H3,(H,17,21)(H,19,20)/t11-/m1/s1. The Bertz CT molecular complexity index is 754. The minimum Gasteiger partial charge on any atom is -0.496 e. The zero-order chi connectivity index (χ0) is 15.5. The van der Waals surface area contributed by atoms with Gasteiger partial charge in [-0.1, -0.05) is 12.1 Å². The second-order valence-electron chi connectivity index (χ2n) is 5.32. The van der Waals surface area contributed by atoms with Crippen molar-refractivity contribution in [2.75, 3.05) is 7.11 Å². The zero-order valence-electron chi connectivity index (χ0n) is 12.3. The molecule has 2 N–H and O–H groups in total. The quantitative estimate of drug-likeness (QED) is 0.888. The van der Waals surface area contributed by atoms with Crippen molar-refractivity contribution in [3.63, 3.8) is 0 Å². The summed E-state index contributed by atoms with van der Waals surface area (Å²) < 4.78 is 5.21. The Balaban J connectivity index is 1.74. The van der Waals surface area contributed by atoms with Crippen molar-refractivity contribution in [3.8, 4) is 5.75 Å². The number of aryl methyl sites for hydroxylation is 1. The molecule has 114 valence electrons. The first-order valence-corrected chi connectivity index (χ1v) is 7.18. The number of H-pyrrole nitrogens is 1. The number of aromatic amines is 1. The highest BCUT2D eigenvalue weighted by atomic mass is 16.5. The summed E-state index contributed by atoms with van der Waals surface area (Å²) in [7, 11) is 1.54. The van der Waals surface area contributed by atoms with Crippen LogP contribution in [0.1, 0.15) is 28.0 Å². The van der Waals surface area contributed by atoms with Crippen LogP contribution in [-0.4, -0.2) is 29.3 Å². The number of carbonyl (C=O) groups is 1. The van der Waals surface area contributed by atoms with Crippen LogP contribution < -0.4 is 15.6 Å². The van der Waals surface area contributed by atoms with Gasteiger partial charge in [-0.25, -0.2) is 5.10 Å². The highest BCUT2D eigenvalue weighted by Crippen LogP contribution is 2.20. The van der Waals surface area contributed by atoms with Gasteiger partial charge in [0, 0.05) is 12.1 Å². The Hall–Kier alpha value is -2.63. The molecule has 3 rings (SSSR count). The van der Waals surface area contributed by atoms with Crippen molar-refractivity contribution in [3.05, 3.63) is 57.5 Å². The van der Waals surface area contributed by atoms with Crippen molar-refractivity contribution in [1.29, 1.82) is 0 Å². The van der Waals surface area contributed by atoms with E-state index in [-0.39, 0.29) is 17.5 Å². The van der Waals surface area contributed by atoms with Gasteiger partial charge in [-0.05, 0) is 37.0 Å². The third kappa shape index (κ3) is 2.86. The Morgan fingerprint density at radius 2 is 2.23 bits per heavy atom. The Morgan fingerprint density at radius 3 is 3.05 bits per heavy atom. The largest absolute Gasteiger partial charge is 0.496 e. The molecule has 6 heteroatoms. The first kappa shape index (κ1) is 14.3. The van der Waals surface area contributed by atoms with Gasteiger partial charge in [0.2, 0.25) is 0 Å². The number of nitrogens with zero attached hydrogens (tertiary/aromatic N) is 1. The molecule has 0 bridgehead atoms. The molecule has 1 aromatic carbocycles. The summed E-state index contributed by atoms with van der Waals surface area (Å²) in [6.45, 7) is 0. The smallest absolute Gasteiger partial charge is 0.264 e. The SMILES string of the molecule is COc1ccccc1C(=O)N[C@@H]1CCc2n[nH]c(=O)cc2C1. The van der Waals surface area contributed by atoms with Crippen molar-refractivity contribution in [2.45, 2.75) is 25.3 Å². The van der Waals surface area contributed by atoms with Crippen LogP contribution in [0.15, 0.2) is 35.1 Å². The van der Waals surface area contributed by atoms with E-state index in [1.165, 1.54) is 0 Å². The summed E-state index contributed by atoms with van der Waals surface area (Å²) in [5.74, 6) is 0.387. The molecule has 0 aliphatic heterocycles. The molecule has 0 radical (unpaired) electrons. The van der Waals surface area contributed by atoms with Crippen LogP contribution in [-0.2, 0) is 12.8 Å². The second kappa shape index (κ2) is 6.01. The van der Waals surface area contributed by atoms with E-state index in [0.717, 1.165) is 24.1 Å². The second-order valence-corrected chi connectivity index (χ2v) is 5.32. The number of nitrogens with one attached hydrogen (secondary N) is 2. The molecule has 0 saturated carbocycles. The number of methoxy groups -OCH3 is 1. The van der Waals surface area contributed by atoms with Crippen LogP contribution in [0, 0.1) is 0 Å². The van der Waals surface area contributed by atoms with Gasteiger partial charge in [0.1, 0.15) is 5.75 Å². The summed E-state index contributed by atoms with van der Waals surface area (Å²) in [6.07, 6.45) is 2.16. The van der Waals surface area contributed by atoms with Crippen molar-refractivity contribution in [1.82, 2.24) is 15.5 Å². The number of amides is 1. The lowest BCUT2D eigenvalue weighted by Crippen LogP contribution is -2.39. The first-order valence-electron chi connectivity index (χ1n) is 7.18. The van der Waals surface area contributed by atoms with E-state index in [1.807, 2.05) is 6.07 Å². The van der Waals surface area contributed by atoms with Crippen LogP contribution in [0.3, 0.4) is 0 Å². The number of hydrogen-bond acceptors (Lipinski definition) is 4. The molecule has 22 heavy (non-hydrogen) atoms. The Kier molecular flexibility index (Phi) is 3.91. The summed E-state index contributed by atoms with van der Waals surface area (Å²) in [4.78, 5) is 23.8. The van der Waals surface area contributed by atoms with Crippen LogP contribution in [0.25, 0.3) is 0 Å². The monoisotopic (exact) mass is 299 g/mol. The predicted molar refractivity (Wildman–Crippen MR) is 81.1 cm³/mol. The van der Waals surface area contributed by atoms with Crippen molar-refractivity contribution >= 4 is 5.91 Å². The van der Waals surface area contributed by atoms with E-state index < -0.39 is 0 Å². The fourth-order valence-corrected chi connectivity index (χ4v) is 2.76. The maximum Gasteiger partial charge on any atom is 0.264 e. The van der Waals surface area contributed by atoms with E-state index >= 15 is 0 Å². The number of carbonyl (C=O) groups excluding carboxylic acids is 1. The number of aromatic nitrogens is 2. The molecule has 0 fully saturated rings. The summed E-state index contributed by atoms with van der Waals surface area (Å²) >= 11 is 0. The lowest BCUT2D eigenvalue weighted by atomic mass is 9.92. The van der Waals surface area contributed by atoms with Crippen LogP contribution in [0.4, 0.5) is 0 Å². The minimum atomic E-state index is -0.213. The van der Waals surface area contributed by atoms with E-state index in [2.05, 4.69) is 15.5 Å². The fraction of sp³-hybridized carbons (Fsp3) is 0.312. The Labute approximate surface area is 127 Å². The molecule has 0 unspecified atom stereocenters. The summed E-state index contributed by atoms with van der Waals surface area (Å²) in [5.41, 5.74) is 2.11. The van der Waals surface area contributed by atoms with Gasteiger partial charge in [-0.2, -0.15) is 5.10 Å². The third-order valence-corrected chi connectivity index (χ3v) is 3.86. The normalized spacial score (nSPS) is 16.7. The van der Waals surface area contributed by atoms with Gasteiger partial charge in [0.15, 0.2) is 0 Å². The summed E-state index contributed by atoms with van der Waals surface area (Å²) in [6, 6.07) is 8.67. The van der Waals surface area contributed by atoms with Gasteiger partial charge in [-0.3, -0.25) is 9.59 Å². The van der Waals surface area contributed by atoms with Gasteiger partial charge in [-0.15, -0.1) is 0 Å². The maximum atomic E-state index is 12.4. The number of benzene rings is 1. The maximum absolute atomic E-state index is 12.4. The van der Waals surface area contributed by atoms with Gasteiger partial charge >= 0.3 is 0 Å². The third-order valence-electron chi connectivity index (χ3n) is 3.86. The van der Waals surface area contributed by atoms with Crippen LogP contribution >= 0.6 is 0 Å². The molecule has 1 aliphatic carbocycles. The van der Waals surface area contributed by atoms with Crippen LogP contribution in [0.2, 0.25) is 0 Å². The lowest BCUT2D eigenvalue weighted by Gasteiger charge is -2.24. The number of rotatable bonds is 3. The average Bonchev–Trinajstić information content (AvgIpc) is 2.54. The molecule has 1 heterocycles. The highest BCUT2D eigenvalue weighted by molar-refractivity contribution is 5.97. The molecule has 1 atom stereocenters. The molecule has 2 aromatic rings. The molecule has 1 aromatic heterocycles.